The van der Waals surface area contributed by atoms with Crippen molar-refractivity contribution in [1.29, 1.82) is 0 Å². The number of hydrogen-bond donors (Lipinski definition) is 1. The molecule has 0 bridgehead atoms. The zero-order chi connectivity index (χ0) is 24.6. The number of rotatable bonds is 8. The molecule has 3 aromatic heterocycles. The lowest BCUT2D eigenvalue weighted by molar-refractivity contribution is -0.113. The van der Waals surface area contributed by atoms with E-state index in [2.05, 4.69) is 52.2 Å². The molecular formula is C24H26BrN5O2S3. The van der Waals surface area contributed by atoms with Gasteiger partial charge in [-0.15, -0.1) is 21.5 Å². The number of aromatic nitrogens is 4. The molecule has 5 rings (SSSR count). The molecule has 4 heterocycles. The molecule has 0 saturated heterocycles. The number of carbonyl (C=O) groups is 1. The van der Waals surface area contributed by atoms with Crippen LogP contribution in [0.5, 0.6) is 0 Å². The van der Waals surface area contributed by atoms with Gasteiger partial charge < -0.3 is 10.1 Å². The first-order valence-corrected chi connectivity index (χ1v) is 15.1. The van der Waals surface area contributed by atoms with Crippen molar-refractivity contribution in [3.05, 3.63) is 39.2 Å². The van der Waals surface area contributed by atoms with E-state index < -0.39 is 0 Å². The van der Waals surface area contributed by atoms with E-state index in [1.807, 2.05) is 28.7 Å². The fraction of sp³-hybridized carbons (Fsp3) is 0.417. The maximum absolute atomic E-state index is 12.6. The van der Waals surface area contributed by atoms with Crippen LogP contribution in [0.1, 0.15) is 44.1 Å². The maximum Gasteiger partial charge on any atom is 0.234 e. The summed E-state index contributed by atoms with van der Waals surface area (Å²) in [6.45, 7) is 7.10. The van der Waals surface area contributed by atoms with Crippen molar-refractivity contribution in [3.63, 3.8) is 0 Å². The number of anilines is 1. The molecule has 1 N–H and O–H groups in total. The Balaban J connectivity index is 1.48. The molecule has 0 spiro atoms. The van der Waals surface area contributed by atoms with Gasteiger partial charge in [0.2, 0.25) is 5.91 Å². The fourth-order valence-electron chi connectivity index (χ4n) is 3.99. The van der Waals surface area contributed by atoms with Gasteiger partial charge in [0, 0.05) is 27.2 Å². The zero-order valence-corrected chi connectivity index (χ0v) is 23.8. The summed E-state index contributed by atoms with van der Waals surface area (Å²) in [6, 6.07) is 7.54. The van der Waals surface area contributed by atoms with Crippen LogP contribution in [0.2, 0.25) is 0 Å². The molecule has 1 aliphatic rings. The van der Waals surface area contributed by atoms with Crippen molar-refractivity contribution in [2.45, 2.75) is 62.6 Å². The first-order chi connectivity index (χ1) is 16.9. The summed E-state index contributed by atoms with van der Waals surface area (Å²) in [6.07, 6.45) is 2.82. The number of benzene rings is 1. The normalized spacial score (nSPS) is 17.7. The number of carbonyl (C=O) groups excluding carboxylic acids is 1. The Kier molecular flexibility index (Phi) is 7.41. The van der Waals surface area contributed by atoms with Gasteiger partial charge in [0.1, 0.15) is 4.83 Å². The lowest BCUT2D eigenvalue weighted by atomic mass is 9.90. The fourth-order valence-corrected chi connectivity index (χ4v) is 7.04. The Morgan fingerprint density at radius 1 is 1.23 bits per heavy atom. The van der Waals surface area contributed by atoms with Gasteiger partial charge in [-0.25, -0.2) is 9.38 Å². The highest BCUT2D eigenvalue weighted by Crippen LogP contribution is 2.42. The second-order valence-electron chi connectivity index (χ2n) is 8.68. The van der Waals surface area contributed by atoms with Crippen molar-refractivity contribution >= 4 is 78.2 Å². The van der Waals surface area contributed by atoms with Crippen LogP contribution in [0, 0.1) is 0 Å². The Morgan fingerprint density at radius 3 is 2.77 bits per heavy atom. The average Bonchev–Trinajstić information content (AvgIpc) is 3.43. The number of thioether (sulfide) groups is 2. The van der Waals surface area contributed by atoms with Gasteiger partial charge in [-0.05, 0) is 49.6 Å². The molecule has 7 nitrogen and oxygen atoms in total. The quantitative estimate of drug-likeness (QED) is 0.183. The molecule has 0 saturated carbocycles. The number of hydrogen-bond acceptors (Lipinski definition) is 8. The van der Waals surface area contributed by atoms with Crippen LogP contribution < -0.4 is 5.32 Å². The summed E-state index contributed by atoms with van der Waals surface area (Å²) in [7, 11) is 0. The topological polar surface area (TPSA) is 81.4 Å². The molecule has 1 amide bonds. The molecule has 1 aliphatic heterocycles. The van der Waals surface area contributed by atoms with Crippen molar-refractivity contribution in [2.24, 2.45) is 0 Å². The highest BCUT2D eigenvalue weighted by Gasteiger charge is 2.33. The van der Waals surface area contributed by atoms with Gasteiger partial charge >= 0.3 is 0 Å². The monoisotopic (exact) mass is 591 g/mol. The number of nitrogens with zero attached hydrogens (tertiary/aromatic N) is 4. The van der Waals surface area contributed by atoms with Crippen LogP contribution in [0.25, 0.3) is 15.9 Å². The lowest BCUT2D eigenvalue weighted by Crippen LogP contribution is -2.33. The van der Waals surface area contributed by atoms with Gasteiger partial charge in [-0.1, -0.05) is 53.3 Å². The molecule has 184 valence electrons. The van der Waals surface area contributed by atoms with Crippen molar-refractivity contribution in [2.75, 3.05) is 16.8 Å². The number of amides is 1. The summed E-state index contributed by atoms with van der Waals surface area (Å²) < 4.78 is 9.19. The largest absolute Gasteiger partial charge is 0.369 e. The average molecular weight is 593 g/mol. The second-order valence-corrected chi connectivity index (χ2v) is 12.7. The Bertz CT molecular complexity index is 1390. The van der Waals surface area contributed by atoms with Crippen molar-refractivity contribution < 1.29 is 9.53 Å². The molecule has 0 fully saturated rings. The number of fused-ring (bicyclic) bond motifs is 5. The molecule has 0 aliphatic carbocycles. The third-order valence-corrected chi connectivity index (χ3v) is 9.76. The summed E-state index contributed by atoms with van der Waals surface area (Å²) in [5.74, 6) is 1.09. The van der Waals surface area contributed by atoms with Crippen LogP contribution in [0.15, 0.2) is 39.1 Å². The summed E-state index contributed by atoms with van der Waals surface area (Å²) in [5.41, 5.74) is 2.68. The molecule has 4 aromatic rings. The van der Waals surface area contributed by atoms with Crippen LogP contribution >= 0.6 is 50.8 Å². The highest BCUT2D eigenvalue weighted by molar-refractivity contribution is 9.10. The van der Waals surface area contributed by atoms with Crippen LogP contribution in [-0.2, 0) is 22.6 Å². The standard InChI is InChI=1S/C24H26BrN5O2S3/c1-4-10-33-22-27-21-19(16-11-24(3,5-2)32-12-17(16)35-21)20-28-29-23(30(20)22)34-13-18(31)26-15-8-6-14(25)7-9-15/h6-9H,4-5,10-13H2,1-3H3,(H,26,31). The van der Waals surface area contributed by atoms with Gasteiger partial charge in [-0.3, -0.25) is 4.79 Å². The van der Waals surface area contributed by atoms with Crippen molar-refractivity contribution in [1.82, 2.24) is 19.6 Å². The third-order valence-electron chi connectivity index (χ3n) is 6.06. The van der Waals surface area contributed by atoms with Crippen molar-refractivity contribution in [3.8, 4) is 0 Å². The smallest absolute Gasteiger partial charge is 0.234 e. The number of halogens is 1. The molecule has 1 unspecified atom stereocenters. The minimum atomic E-state index is -0.184. The Hall–Kier alpha value is -1.66. The number of ether oxygens (including phenoxy) is 1. The summed E-state index contributed by atoms with van der Waals surface area (Å²) in [4.78, 5) is 19.9. The molecule has 1 aromatic carbocycles. The molecule has 11 heteroatoms. The SMILES string of the molecule is CCCSc1nc2sc3c(c2c2nnc(SCC(=O)Nc4ccc(Br)cc4)n12)CC(C)(CC)OC3. The van der Waals surface area contributed by atoms with Crippen LogP contribution in [-0.4, -0.2) is 42.6 Å². The highest BCUT2D eigenvalue weighted by atomic mass is 79.9. The number of nitrogens with one attached hydrogen (secondary N) is 1. The summed E-state index contributed by atoms with van der Waals surface area (Å²) >= 11 is 8.19. The minimum absolute atomic E-state index is 0.0883. The zero-order valence-electron chi connectivity index (χ0n) is 19.8. The van der Waals surface area contributed by atoms with E-state index in [1.165, 1.54) is 22.2 Å². The molecule has 35 heavy (non-hydrogen) atoms. The molecule has 0 radical (unpaired) electrons. The first-order valence-electron chi connectivity index (χ1n) is 11.5. The molecule has 1 atom stereocenters. The Labute approximate surface area is 225 Å². The first kappa shape index (κ1) is 25.0. The predicted molar refractivity (Wildman–Crippen MR) is 148 cm³/mol. The van der Waals surface area contributed by atoms with Gasteiger partial charge in [0.25, 0.3) is 0 Å². The second kappa shape index (κ2) is 10.4. The van der Waals surface area contributed by atoms with Crippen LogP contribution in [0.3, 0.4) is 0 Å². The van der Waals surface area contributed by atoms with E-state index in [0.29, 0.717) is 11.8 Å². The van der Waals surface area contributed by atoms with E-state index in [-0.39, 0.29) is 17.3 Å². The van der Waals surface area contributed by atoms with E-state index in [0.717, 1.165) is 56.2 Å². The minimum Gasteiger partial charge on any atom is -0.369 e. The van der Waals surface area contributed by atoms with E-state index in [4.69, 9.17) is 9.72 Å². The van der Waals surface area contributed by atoms with Crippen LogP contribution in [0.4, 0.5) is 5.69 Å². The van der Waals surface area contributed by atoms with Gasteiger partial charge in [0.05, 0.1) is 23.3 Å². The molecular weight excluding hydrogens is 566 g/mol. The number of thiophene rings is 1. The van der Waals surface area contributed by atoms with Gasteiger partial charge in [0.15, 0.2) is 16.0 Å². The van der Waals surface area contributed by atoms with Gasteiger partial charge in [-0.2, -0.15) is 0 Å². The Morgan fingerprint density at radius 2 is 2.03 bits per heavy atom. The van der Waals surface area contributed by atoms with E-state index >= 15 is 0 Å². The lowest BCUT2D eigenvalue weighted by Gasteiger charge is -2.33. The van der Waals surface area contributed by atoms with E-state index in [1.54, 1.807) is 23.1 Å². The maximum atomic E-state index is 12.6. The van der Waals surface area contributed by atoms with E-state index in [9.17, 15) is 4.79 Å². The third kappa shape index (κ3) is 5.11. The summed E-state index contributed by atoms with van der Waals surface area (Å²) in [5, 5.41) is 14.7. The predicted octanol–water partition coefficient (Wildman–Crippen LogP) is 6.58.